The summed E-state index contributed by atoms with van der Waals surface area (Å²) in [5.41, 5.74) is 0.514. The van der Waals surface area contributed by atoms with Crippen molar-refractivity contribution >= 4 is 20.1 Å². The molecule has 36 heavy (non-hydrogen) atoms. The van der Waals surface area contributed by atoms with Crippen LogP contribution in [0.3, 0.4) is 0 Å². The monoisotopic (exact) mass is 518 g/mol. The topological polar surface area (TPSA) is 52.6 Å². The highest BCUT2D eigenvalue weighted by molar-refractivity contribution is 6.74. The van der Waals surface area contributed by atoms with Crippen molar-refractivity contribution in [1.82, 2.24) is 0 Å². The summed E-state index contributed by atoms with van der Waals surface area (Å²) < 4.78 is 11.8. The van der Waals surface area contributed by atoms with E-state index in [0.29, 0.717) is 47.9 Å². The molecule has 0 bridgehead atoms. The Morgan fingerprint density at radius 3 is 2.33 bits per heavy atom. The predicted octanol–water partition coefficient (Wildman–Crippen LogP) is 7.80. The Balaban J connectivity index is 1.48. The van der Waals surface area contributed by atoms with Crippen LogP contribution in [0.2, 0.25) is 18.1 Å². The minimum absolute atomic E-state index is 0.0974. The largest absolute Gasteiger partial charge is 0.469 e. The minimum atomic E-state index is -1.80. The molecule has 0 aromatic heterocycles. The van der Waals surface area contributed by atoms with Gasteiger partial charge in [0, 0.05) is 24.9 Å². The molecule has 0 spiro atoms. The van der Waals surface area contributed by atoms with Gasteiger partial charge >= 0.3 is 5.97 Å². The number of methoxy groups -OCH3 is 1. The summed E-state index contributed by atoms with van der Waals surface area (Å²) >= 11 is 0. The third-order valence-electron chi connectivity index (χ3n) is 12.5. The number of carbonyl (C=O) groups is 2. The third kappa shape index (κ3) is 4.78. The molecule has 5 heteroatoms. The van der Waals surface area contributed by atoms with Crippen LogP contribution in [0.1, 0.15) is 106 Å². The maximum absolute atomic E-state index is 13.9. The zero-order valence-corrected chi connectivity index (χ0v) is 25.7. The van der Waals surface area contributed by atoms with Gasteiger partial charge in [-0.05, 0) is 110 Å². The maximum atomic E-state index is 13.9. The highest BCUT2D eigenvalue weighted by atomic mass is 28.4. The number of carbonyl (C=O) groups excluding carboxylic acids is 2. The van der Waals surface area contributed by atoms with E-state index >= 15 is 0 Å². The van der Waals surface area contributed by atoms with E-state index in [1.54, 1.807) is 0 Å². The minimum Gasteiger partial charge on any atom is -0.469 e. The first-order valence-corrected chi connectivity index (χ1v) is 17.8. The fourth-order valence-corrected chi connectivity index (χ4v) is 10.6. The Bertz CT molecular complexity index is 846. The molecule has 4 aliphatic rings. The van der Waals surface area contributed by atoms with Crippen LogP contribution in [0.25, 0.3) is 0 Å². The molecular formula is C31H54O4Si. The Morgan fingerprint density at radius 2 is 1.69 bits per heavy atom. The van der Waals surface area contributed by atoms with Gasteiger partial charge < -0.3 is 9.16 Å². The Labute approximate surface area is 222 Å². The van der Waals surface area contributed by atoms with Crippen molar-refractivity contribution in [2.24, 2.45) is 46.3 Å². The third-order valence-corrected chi connectivity index (χ3v) is 17.0. The molecule has 0 heterocycles. The summed E-state index contributed by atoms with van der Waals surface area (Å²) in [4.78, 5) is 25.7. The number of ketones is 1. The van der Waals surface area contributed by atoms with Crippen LogP contribution < -0.4 is 0 Å². The van der Waals surface area contributed by atoms with E-state index in [-0.39, 0.29) is 27.8 Å². The van der Waals surface area contributed by atoms with Crippen LogP contribution in [-0.4, -0.2) is 33.3 Å². The Morgan fingerprint density at radius 1 is 1.06 bits per heavy atom. The first-order valence-electron chi connectivity index (χ1n) is 14.9. The molecule has 0 amide bonds. The van der Waals surface area contributed by atoms with Crippen LogP contribution in [-0.2, 0) is 18.8 Å². The molecule has 0 unspecified atom stereocenters. The van der Waals surface area contributed by atoms with Crippen LogP contribution >= 0.6 is 0 Å². The normalized spacial score (nSPS) is 41.8. The van der Waals surface area contributed by atoms with E-state index < -0.39 is 8.32 Å². The molecule has 0 aromatic carbocycles. The van der Waals surface area contributed by atoms with Gasteiger partial charge in [0.25, 0.3) is 0 Å². The number of hydrogen-bond donors (Lipinski definition) is 0. The van der Waals surface area contributed by atoms with E-state index in [4.69, 9.17) is 9.16 Å². The zero-order valence-electron chi connectivity index (χ0n) is 24.7. The fraction of sp³-hybridized carbons (Fsp3) is 0.935. The highest BCUT2D eigenvalue weighted by Crippen LogP contribution is 2.67. The van der Waals surface area contributed by atoms with Crippen molar-refractivity contribution in [1.29, 1.82) is 0 Å². The number of fused-ring (bicyclic) bond motifs is 5. The van der Waals surface area contributed by atoms with Crippen LogP contribution in [0, 0.1) is 46.3 Å². The predicted molar refractivity (Wildman–Crippen MR) is 148 cm³/mol. The summed E-state index contributed by atoms with van der Waals surface area (Å²) in [6.45, 7) is 19.1. The van der Waals surface area contributed by atoms with Crippen molar-refractivity contribution in [3.63, 3.8) is 0 Å². The lowest BCUT2D eigenvalue weighted by Crippen LogP contribution is -2.58. The van der Waals surface area contributed by atoms with Crippen LogP contribution in [0.15, 0.2) is 0 Å². The molecule has 206 valence electrons. The lowest BCUT2D eigenvalue weighted by Gasteiger charge is -2.61. The van der Waals surface area contributed by atoms with Gasteiger partial charge in [-0.25, -0.2) is 0 Å². The van der Waals surface area contributed by atoms with Crippen molar-refractivity contribution in [3.8, 4) is 0 Å². The lowest BCUT2D eigenvalue weighted by atomic mass is 9.44. The molecule has 0 aromatic rings. The van der Waals surface area contributed by atoms with Crippen LogP contribution in [0.4, 0.5) is 0 Å². The summed E-state index contributed by atoms with van der Waals surface area (Å²) in [6, 6.07) is 0. The standard InChI is InChI=1S/C31H54O4Si/c1-20(10-13-27(33)34-7)23-11-12-24-28-25(15-17-31(23,24)6)30(5)16-14-22(18-21(30)19-26(28)32)35-36(8,9)29(2,3)4/h20-25,28H,10-19H2,1-9H3/t20-,21+,22-,23-,24+,25+,28+,30+,31-/m1/s1. The first-order chi connectivity index (χ1) is 16.6. The molecule has 0 N–H and O–H groups in total. The zero-order chi connectivity index (χ0) is 26.7. The molecule has 4 saturated carbocycles. The maximum Gasteiger partial charge on any atom is 0.305 e. The van der Waals surface area contributed by atoms with Crippen molar-refractivity contribution < 1.29 is 18.8 Å². The molecular weight excluding hydrogens is 464 g/mol. The molecule has 4 fully saturated rings. The summed E-state index contributed by atoms with van der Waals surface area (Å²) in [7, 11) is -0.318. The Kier molecular flexibility index (Phi) is 7.72. The van der Waals surface area contributed by atoms with Gasteiger partial charge in [-0.1, -0.05) is 41.5 Å². The summed E-state index contributed by atoms with van der Waals surface area (Å²) in [5.74, 6) is 3.37. The molecule has 0 radical (unpaired) electrons. The van der Waals surface area contributed by atoms with Gasteiger partial charge in [-0.15, -0.1) is 0 Å². The van der Waals surface area contributed by atoms with E-state index in [1.807, 2.05) is 0 Å². The van der Waals surface area contributed by atoms with Gasteiger partial charge in [-0.2, -0.15) is 0 Å². The SMILES string of the molecule is COC(=O)CC[C@@H](C)[C@H]1CC[C@H]2[C@@H]3C(=O)C[C@@H]4C[C@H](O[Si](C)(C)C(C)(C)C)CC[C@]4(C)[C@H]3CC[C@]12C. The second-order valence-corrected chi connectivity index (χ2v) is 20.0. The quantitative estimate of drug-likeness (QED) is 0.266. The molecule has 4 nitrogen and oxygen atoms in total. The number of rotatable bonds is 6. The van der Waals surface area contributed by atoms with E-state index in [9.17, 15) is 9.59 Å². The summed E-state index contributed by atoms with van der Waals surface area (Å²) in [5, 5.41) is 0.224. The number of Topliss-reactive ketones (excluding diaryl/α,β-unsaturated/α-hetero) is 1. The number of esters is 1. The van der Waals surface area contributed by atoms with E-state index in [1.165, 1.54) is 39.2 Å². The van der Waals surface area contributed by atoms with Crippen molar-refractivity contribution in [2.45, 2.75) is 130 Å². The fourth-order valence-electron chi connectivity index (χ4n) is 9.22. The van der Waals surface area contributed by atoms with Crippen molar-refractivity contribution in [3.05, 3.63) is 0 Å². The van der Waals surface area contributed by atoms with E-state index in [0.717, 1.165) is 25.7 Å². The molecule has 9 atom stereocenters. The van der Waals surface area contributed by atoms with Crippen molar-refractivity contribution in [2.75, 3.05) is 7.11 Å². The number of ether oxygens (including phenoxy) is 1. The summed E-state index contributed by atoms with van der Waals surface area (Å²) in [6.07, 6.45) is 10.8. The molecule has 0 aliphatic heterocycles. The van der Waals surface area contributed by atoms with Crippen LogP contribution in [0.5, 0.6) is 0 Å². The second-order valence-electron chi connectivity index (χ2n) is 15.2. The average molecular weight is 519 g/mol. The molecule has 0 saturated heterocycles. The van der Waals surface area contributed by atoms with Gasteiger partial charge in [0.1, 0.15) is 5.78 Å². The van der Waals surface area contributed by atoms with Gasteiger partial charge in [0.2, 0.25) is 0 Å². The Hall–Kier alpha value is -0.683. The second kappa shape index (κ2) is 9.81. The lowest BCUT2D eigenvalue weighted by molar-refractivity contribution is -0.160. The van der Waals surface area contributed by atoms with Gasteiger partial charge in [0.05, 0.1) is 7.11 Å². The molecule has 4 aliphatic carbocycles. The highest BCUT2D eigenvalue weighted by Gasteiger charge is 2.63. The van der Waals surface area contributed by atoms with Gasteiger partial charge in [0.15, 0.2) is 8.32 Å². The van der Waals surface area contributed by atoms with Gasteiger partial charge in [-0.3, -0.25) is 9.59 Å². The first kappa shape index (κ1) is 28.3. The van der Waals surface area contributed by atoms with E-state index in [2.05, 4.69) is 54.6 Å². The molecule has 4 rings (SSSR count). The smallest absolute Gasteiger partial charge is 0.305 e. The average Bonchev–Trinajstić information content (AvgIpc) is 3.14. The number of hydrogen-bond acceptors (Lipinski definition) is 4.